The lowest BCUT2D eigenvalue weighted by Crippen LogP contribution is -2.32. The molecule has 84 valence electrons. The minimum absolute atomic E-state index is 0.666. The Bertz CT molecular complexity index is 413. The molecular formula is C13H17N3. The average Bonchev–Trinajstić information content (AvgIpc) is 2.98. The fourth-order valence-corrected chi connectivity index (χ4v) is 3.27. The molecule has 3 nitrogen and oxygen atoms in total. The van der Waals surface area contributed by atoms with Crippen molar-refractivity contribution in [3.05, 3.63) is 18.1 Å². The van der Waals surface area contributed by atoms with E-state index in [1.54, 1.807) is 0 Å². The molecule has 0 radical (unpaired) electrons. The molecule has 1 aliphatic heterocycles. The van der Waals surface area contributed by atoms with E-state index in [4.69, 9.17) is 4.98 Å². The molecule has 16 heavy (non-hydrogen) atoms. The van der Waals surface area contributed by atoms with Gasteiger partial charge in [0.1, 0.15) is 11.6 Å². The summed E-state index contributed by atoms with van der Waals surface area (Å²) in [5.74, 6) is 3.87. The van der Waals surface area contributed by atoms with E-state index in [-0.39, 0.29) is 0 Å². The van der Waals surface area contributed by atoms with Gasteiger partial charge < -0.3 is 4.90 Å². The second-order valence-electron chi connectivity index (χ2n) is 5.53. The summed E-state index contributed by atoms with van der Waals surface area (Å²) in [7, 11) is 0. The van der Waals surface area contributed by atoms with Gasteiger partial charge in [-0.05, 0) is 44.1 Å². The maximum atomic E-state index is 4.75. The largest absolute Gasteiger partial charge is 0.353 e. The van der Waals surface area contributed by atoms with Gasteiger partial charge in [-0.1, -0.05) is 0 Å². The van der Waals surface area contributed by atoms with Crippen LogP contribution in [0.15, 0.2) is 12.3 Å². The Balaban J connectivity index is 1.64. The number of aromatic nitrogens is 2. The molecule has 3 aliphatic rings. The molecule has 2 atom stereocenters. The summed E-state index contributed by atoms with van der Waals surface area (Å²) in [6, 6.07) is 2.86. The van der Waals surface area contributed by atoms with Crippen molar-refractivity contribution in [3.8, 4) is 0 Å². The van der Waals surface area contributed by atoms with E-state index in [0.717, 1.165) is 17.8 Å². The van der Waals surface area contributed by atoms with E-state index >= 15 is 0 Å². The van der Waals surface area contributed by atoms with Crippen molar-refractivity contribution in [3.63, 3.8) is 0 Å². The zero-order valence-corrected chi connectivity index (χ0v) is 9.47. The van der Waals surface area contributed by atoms with E-state index in [0.29, 0.717) is 5.92 Å². The Morgan fingerprint density at radius 3 is 2.81 bits per heavy atom. The highest BCUT2D eigenvalue weighted by molar-refractivity contribution is 5.42. The lowest BCUT2D eigenvalue weighted by molar-refractivity contribution is 0.549. The first-order valence-electron chi connectivity index (χ1n) is 6.50. The summed E-state index contributed by atoms with van der Waals surface area (Å²) >= 11 is 0. The average molecular weight is 215 g/mol. The van der Waals surface area contributed by atoms with Gasteiger partial charge in [0.2, 0.25) is 0 Å². The van der Waals surface area contributed by atoms with Crippen LogP contribution in [0, 0.1) is 5.92 Å². The normalized spacial score (nSPS) is 32.4. The van der Waals surface area contributed by atoms with Crippen LogP contribution in [0.25, 0.3) is 0 Å². The number of nitrogens with zero attached hydrogens (tertiary/aromatic N) is 3. The predicted octanol–water partition coefficient (Wildman–Crippen LogP) is 2.34. The van der Waals surface area contributed by atoms with Gasteiger partial charge >= 0.3 is 0 Å². The SMILES string of the molecule is c1cc(N2CC3CCC2C3)nc(C2CC2)n1. The van der Waals surface area contributed by atoms with Crippen LogP contribution in [0.2, 0.25) is 0 Å². The van der Waals surface area contributed by atoms with Crippen LogP contribution in [0.5, 0.6) is 0 Å². The molecular weight excluding hydrogens is 198 g/mol. The minimum Gasteiger partial charge on any atom is -0.353 e. The Morgan fingerprint density at radius 2 is 2.12 bits per heavy atom. The van der Waals surface area contributed by atoms with E-state index in [1.807, 2.05) is 6.20 Å². The molecule has 0 amide bonds. The van der Waals surface area contributed by atoms with E-state index in [2.05, 4.69) is 16.0 Å². The Morgan fingerprint density at radius 1 is 1.19 bits per heavy atom. The molecule has 1 saturated heterocycles. The van der Waals surface area contributed by atoms with Crippen LogP contribution >= 0.6 is 0 Å². The smallest absolute Gasteiger partial charge is 0.133 e. The zero-order chi connectivity index (χ0) is 10.5. The standard InChI is InChI=1S/C13H17N3/c1-4-11-7-9(1)8-16(11)12-5-6-14-13(15-12)10-2-3-10/h5-6,9-11H,1-4,7-8H2. The molecule has 2 aliphatic carbocycles. The summed E-state index contributed by atoms with van der Waals surface area (Å²) in [6.07, 6.45) is 8.71. The van der Waals surface area contributed by atoms with Crippen LogP contribution in [0.3, 0.4) is 0 Å². The van der Waals surface area contributed by atoms with Gasteiger partial charge in [0, 0.05) is 24.7 Å². The van der Waals surface area contributed by atoms with Crippen molar-refractivity contribution in [1.82, 2.24) is 9.97 Å². The maximum Gasteiger partial charge on any atom is 0.133 e. The van der Waals surface area contributed by atoms with E-state index in [9.17, 15) is 0 Å². The first-order valence-corrected chi connectivity index (χ1v) is 6.50. The Hall–Kier alpha value is -1.12. The molecule has 0 spiro atoms. The molecule has 1 aromatic rings. The maximum absolute atomic E-state index is 4.75. The zero-order valence-electron chi connectivity index (χ0n) is 9.47. The molecule has 0 N–H and O–H groups in total. The molecule has 0 aromatic carbocycles. The van der Waals surface area contributed by atoms with E-state index < -0.39 is 0 Å². The highest BCUT2D eigenvalue weighted by Gasteiger charge is 2.38. The van der Waals surface area contributed by atoms with Crippen LogP contribution in [-0.4, -0.2) is 22.6 Å². The minimum atomic E-state index is 0.666. The third-order valence-electron chi connectivity index (χ3n) is 4.31. The van der Waals surface area contributed by atoms with Crippen molar-refractivity contribution >= 4 is 5.82 Å². The summed E-state index contributed by atoms with van der Waals surface area (Å²) in [5.41, 5.74) is 0. The van der Waals surface area contributed by atoms with Crippen molar-refractivity contribution in [2.45, 2.75) is 44.1 Å². The Kier molecular flexibility index (Phi) is 1.79. The summed E-state index contributed by atoms with van der Waals surface area (Å²) in [4.78, 5) is 11.7. The van der Waals surface area contributed by atoms with E-state index in [1.165, 1.54) is 44.5 Å². The van der Waals surface area contributed by atoms with Gasteiger partial charge in [0.25, 0.3) is 0 Å². The Labute approximate surface area is 95.9 Å². The molecule has 3 heteroatoms. The lowest BCUT2D eigenvalue weighted by Gasteiger charge is -2.28. The van der Waals surface area contributed by atoms with Crippen LogP contribution in [0.4, 0.5) is 5.82 Å². The third kappa shape index (κ3) is 1.34. The summed E-state index contributed by atoms with van der Waals surface area (Å²) in [6.45, 7) is 1.23. The number of rotatable bonds is 2. The predicted molar refractivity (Wildman–Crippen MR) is 62.5 cm³/mol. The number of hydrogen-bond donors (Lipinski definition) is 0. The van der Waals surface area contributed by atoms with Crippen molar-refractivity contribution in [2.24, 2.45) is 5.92 Å². The second kappa shape index (κ2) is 3.19. The fourth-order valence-electron chi connectivity index (χ4n) is 3.27. The number of hydrogen-bond acceptors (Lipinski definition) is 3. The molecule has 4 rings (SSSR count). The summed E-state index contributed by atoms with van der Waals surface area (Å²) in [5, 5.41) is 0. The van der Waals surface area contributed by atoms with Crippen molar-refractivity contribution < 1.29 is 0 Å². The quantitative estimate of drug-likeness (QED) is 0.758. The molecule has 3 fully saturated rings. The van der Waals surface area contributed by atoms with Crippen LogP contribution in [0.1, 0.15) is 43.8 Å². The molecule has 2 unspecified atom stereocenters. The topological polar surface area (TPSA) is 29.0 Å². The number of anilines is 1. The third-order valence-corrected chi connectivity index (χ3v) is 4.31. The van der Waals surface area contributed by atoms with Crippen molar-refractivity contribution in [2.75, 3.05) is 11.4 Å². The molecule has 1 aromatic heterocycles. The molecule has 2 saturated carbocycles. The van der Waals surface area contributed by atoms with Crippen molar-refractivity contribution in [1.29, 1.82) is 0 Å². The highest BCUT2D eigenvalue weighted by atomic mass is 15.3. The first kappa shape index (κ1) is 8.97. The van der Waals surface area contributed by atoms with Gasteiger partial charge in [0.05, 0.1) is 0 Å². The van der Waals surface area contributed by atoms with Crippen LogP contribution < -0.4 is 4.90 Å². The van der Waals surface area contributed by atoms with Gasteiger partial charge in [-0.2, -0.15) is 0 Å². The van der Waals surface area contributed by atoms with Gasteiger partial charge in [-0.3, -0.25) is 0 Å². The van der Waals surface area contributed by atoms with Gasteiger partial charge in [-0.15, -0.1) is 0 Å². The second-order valence-corrected chi connectivity index (χ2v) is 5.53. The fraction of sp³-hybridized carbons (Fsp3) is 0.692. The summed E-state index contributed by atoms with van der Waals surface area (Å²) < 4.78 is 0. The number of fused-ring (bicyclic) bond motifs is 2. The monoisotopic (exact) mass is 215 g/mol. The first-order chi connectivity index (χ1) is 7.90. The highest BCUT2D eigenvalue weighted by Crippen LogP contribution is 2.41. The molecule has 2 heterocycles. The van der Waals surface area contributed by atoms with Crippen LogP contribution in [-0.2, 0) is 0 Å². The molecule has 2 bridgehead atoms. The van der Waals surface area contributed by atoms with Gasteiger partial charge in [0.15, 0.2) is 0 Å². The lowest BCUT2D eigenvalue weighted by atomic mass is 10.1. The number of piperidine rings is 1. The van der Waals surface area contributed by atoms with Gasteiger partial charge in [-0.25, -0.2) is 9.97 Å².